The van der Waals surface area contributed by atoms with Crippen LogP contribution in [0.3, 0.4) is 0 Å². The molecule has 1 aliphatic carbocycles. The van der Waals surface area contributed by atoms with Gasteiger partial charge in [0.15, 0.2) is 11.0 Å². The standard InChI is InChI=1S/C24H26ClFN4OS/c1-16-7-10-19(25)13-21(16)30-22(14-27-23(31)18-5-3-2-4-6-18)28-29-24(30)32-15-17-8-11-20(26)12-9-17/h7-13,18H,2-6,14-15H2,1H3,(H,27,31). The Hall–Kier alpha value is -2.38. The third-order valence-electron chi connectivity index (χ3n) is 5.79. The molecule has 0 aliphatic heterocycles. The number of hydrogen-bond donors (Lipinski definition) is 1. The van der Waals surface area contributed by atoms with Crippen LogP contribution in [0.15, 0.2) is 47.6 Å². The number of nitrogens with zero attached hydrogens (tertiary/aromatic N) is 3. The fraction of sp³-hybridized carbons (Fsp3) is 0.375. The average Bonchev–Trinajstić information content (AvgIpc) is 3.21. The van der Waals surface area contributed by atoms with Crippen molar-refractivity contribution in [2.45, 2.75) is 56.5 Å². The lowest BCUT2D eigenvalue weighted by Crippen LogP contribution is -2.32. The van der Waals surface area contributed by atoms with Crippen molar-refractivity contribution in [2.75, 3.05) is 0 Å². The normalized spacial score (nSPS) is 14.5. The zero-order chi connectivity index (χ0) is 22.5. The van der Waals surface area contributed by atoms with E-state index >= 15 is 0 Å². The van der Waals surface area contributed by atoms with Gasteiger partial charge in [-0.2, -0.15) is 0 Å². The Labute approximate surface area is 196 Å². The molecule has 32 heavy (non-hydrogen) atoms. The molecule has 1 fully saturated rings. The molecule has 0 bridgehead atoms. The molecule has 1 saturated carbocycles. The van der Waals surface area contributed by atoms with Crippen LogP contribution in [0.25, 0.3) is 5.69 Å². The van der Waals surface area contributed by atoms with Crippen molar-refractivity contribution in [1.82, 2.24) is 20.1 Å². The van der Waals surface area contributed by atoms with Crippen molar-refractivity contribution in [1.29, 1.82) is 0 Å². The fourth-order valence-corrected chi connectivity index (χ4v) is 5.06. The topological polar surface area (TPSA) is 59.8 Å². The Kier molecular flexibility index (Phi) is 7.48. The Balaban J connectivity index is 1.57. The number of aryl methyl sites for hydroxylation is 1. The van der Waals surface area contributed by atoms with Gasteiger partial charge in [0.1, 0.15) is 5.82 Å². The molecular formula is C24H26ClFN4OS. The maximum atomic E-state index is 13.2. The number of benzene rings is 2. The minimum Gasteiger partial charge on any atom is -0.349 e. The molecule has 1 aromatic heterocycles. The Morgan fingerprint density at radius 3 is 2.66 bits per heavy atom. The molecule has 8 heteroatoms. The summed E-state index contributed by atoms with van der Waals surface area (Å²) in [6.45, 7) is 2.30. The van der Waals surface area contributed by atoms with Crippen LogP contribution in [0.2, 0.25) is 5.02 Å². The predicted octanol–water partition coefficient (Wildman–Crippen LogP) is 5.86. The molecule has 0 radical (unpaired) electrons. The van der Waals surface area contributed by atoms with Crippen molar-refractivity contribution in [3.05, 3.63) is 70.3 Å². The first-order chi connectivity index (χ1) is 15.5. The van der Waals surface area contributed by atoms with Gasteiger partial charge in [-0.1, -0.05) is 60.8 Å². The fourth-order valence-electron chi connectivity index (χ4n) is 3.98. The minimum atomic E-state index is -0.257. The van der Waals surface area contributed by atoms with E-state index in [9.17, 15) is 9.18 Å². The van der Waals surface area contributed by atoms with Crippen LogP contribution in [-0.4, -0.2) is 20.7 Å². The zero-order valence-corrected chi connectivity index (χ0v) is 19.6. The second-order valence-corrected chi connectivity index (χ2v) is 9.51. The van der Waals surface area contributed by atoms with Crippen LogP contribution in [0.4, 0.5) is 4.39 Å². The Morgan fingerprint density at radius 2 is 1.91 bits per heavy atom. The van der Waals surface area contributed by atoms with Crippen LogP contribution >= 0.6 is 23.4 Å². The highest BCUT2D eigenvalue weighted by atomic mass is 35.5. The summed E-state index contributed by atoms with van der Waals surface area (Å²) in [6.07, 6.45) is 5.33. The van der Waals surface area contributed by atoms with Gasteiger partial charge in [-0.05, 0) is 55.2 Å². The molecule has 3 aromatic rings. The maximum Gasteiger partial charge on any atom is 0.223 e. The number of nitrogens with one attached hydrogen (secondary N) is 1. The molecular weight excluding hydrogens is 447 g/mol. The molecule has 1 N–H and O–H groups in total. The Morgan fingerprint density at radius 1 is 1.16 bits per heavy atom. The second-order valence-electron chi connectivity index (χ2n) is 8.13. The van der Waals surface area contributed by atoms with E-state index in [1.807, 2.05) is 29.7 Å². The maximum absolute atomic E-state index is 13.2. The third kappa shape index (κ3) is 5.51. The van der Waals surface area contributed by atoms with Gasteiger partial charge < -0.3 is 5.32 Å². The number of thioether (sulfide) groups is 1. The highest BCUT2D eigenvalue weighted by Crippen LogP contribution is 2.29. The quantitative estimate of drug-likeness (QED) is 0.438. The van der Waals surface area contributed by atoms with Gasteiger partial charge >= 0.3 is 0 Å². The third-order valence-corrected chi connectivity index (χ3v) is 7.03. The van der Waals surface area contributed by atoms with Crippen LogP contribution in [0, 0.1) is 18.7 Å². The first-order valence-corrected chi connectivity index (χ1v) is 12.2. The van der Waals surface area contributed by atoms with Crippen molar-refractivity contribution < 1.29 is 9.18 Å². The van der Waals surface area contributed by atoms with Gasteiger partial charge in [-0.3, -0.25) is 9.36 Å². The van der Waals surface area contributed by atoms with Crippen LogP contribution < -0.4 is 5.32 Å². The summed E-state index contributed by atoms with van der Waals surface area (Å²) in [7, 11) is 0. The second kappa shape index (κ2) is 10.5. The zero-order valence-electron chi connectivity index (χ0n) is 18.0. The number of carbonyl (C=O) groups excluding carboxylic acids is 1. The van der Waals surface area contributed by atoms with E-state index in [1.165, 1.54) is 30.3 Å². The molecule has 4 rings (SSSR count). The summed E-state index contributed by atoms with van der Waals surface area (Å²) in [4.78, 5) is 12.7. The van der Waals surface area contributed by atoms with Gasteiger partial charge in [0.05, 0.1) is 12.2 Å². The summed E-state index contributed by atoms with van der Waals surface area (Å²) < 4.78 is 15.2. The van der Waals surface area contributed by atoms with Crippen molar-refractivity contribution in [3.63, 3.8) is 0 Å². The van der Waals surface area contributed by atoms with E-state index in [-0.39, 0.29) is 17.6 Å². The number of amides is 1. The van der Waals surface area contributed by atoms with Gasteiger partial charge in [-0.25, -0.2) is 4.39 Å². The molecule has 1 aliphatic rings. The first-order valence-electron chi connectivity index (χ1n) is 10.9. The van der Waals surface area contributed by atoms with Crippen molar-refractivity contribution >= 4 is 29.3 Å². The van der Waals surface area contributed by atoms with E-state index in [4.69, 9.17) is 11.6 Å². The summed E-state index contributed by atoms with van der Waals surface area (Å²) >= 11 is 7.80. The van der Waals surface area contributed by atoms with Crippen LogP contribution in [0.1, 0.15) is 49.1 Å². The summed E-state index contributed by atoms with van der Waals surface area (Å²) in [5, 5.41) is 13.1. The molecule has 5 nitrogen and oxygen atoms in total. The summed E-state index contributed by atoms with van der Waals surface area (Å²) in [5.41, 5.74) is 2.89. The number of halogens is 2. The number of carbonyl (C=O) groups is 1. The molecule has 168 valence electrons. The van der Waals surface area contributed by atoms with Gasteiger partial charge in [0.2, 0.25) is 5.91 Å². The SMILES string of the molecule is Cc1ccc(Cl)cc1-n1c(CNC(=O)C2CCCCC2)nnc1SCc1ccc(F)cc1. The van der Waals surface area contributed by atoms with Crippen LogP contribution in [-0.2, 0) is 17.1 Å². The van der Waals surface area contributed by atoms with E-state index < -0.39 is 0 Å². The lowest BCUT2D eigenvalue weighted by molar-refractivity contribution is -0.126. The summed E-state index contributed by atoms with van der Waals surface area (Å²) in [5.74, 6) is 1.18. The van der Waals surface area contributed by atoms with E-state index in [1.54, 1.807) is 12.1 Å². The molecule has 0 unspecified atom stereocenters. The largest absolute Gasteiger partial charge is 0.349 e. The lowest BCUT2D eigenvalue weighted by atomic mass is 9.89. The minimum absolute atomic E-state index is 0.0837. The molecule has 2 aromatic carbocycles. The van der Waals surface area contributed by atoms with E-state index in [2.05, 4.69) is 15.5 Å². The molecule has 1 heterocycles. The van der Waals surface area contributed by atoms with Crippen molar-refractivity contribution in [3.8, 4) is 5.69 Å². The predicted molar refractivity (Wildman–Crippen MR) is 125 cm³/mol. The smallest absolute Gasteiger partial charge is 0.223 e. The summed E-state index contributed by atoms with van der Waals surface area (Å²) in [6, 6.07) is 12.1. The highest BCUT2D eigenvalue weighted by molar-refractivity contribution is 7.98. The highest BCUT2D eigenvalue weighted by Gasteiger charge is 2.22. The Bertz CT molecular complexity index is 1080. The monoisotopic (exact) mass is 472 g/mol. The first kappa shape index (κ1) is 22.8. The van der Waals surface area contributed by atoms with E-state index in [0.29, 0.717) is 28.3 Å². The molecule has 0 atom stereocenters. The molecule has 1 amide bonds. The number of rotatable bonds is 7. The number of aromatic nitrogens is 3. The van der Waals surface area contributed by atoms with Crippen molar-refractivity contribution in [2.24, 2.45) is 5.92 Å². The van der Waals surface area contributed by atoms with E-state index in [0.717, 1.165) is 42.5 Å². The average molecular weight is 473 g/mol. The van der Waals surface area contributed by atoms with Crippen LogP contribution in [0.5, 0.6) is 0 Å². The van der Waals surface area contributed by atoms with Gasteiger partial charge in [-0.15, -0.1) is 10.2 Å². The molecule has 0 spiro atoms. The van der Waals surface area contributed by atoms with Gasteiger partial charge in [0, 0.05) is 16.7 Å². The lowest BCUT2D eigenvalue weighted by Gasteiger charge is -2.21. The molecule has 0 saturated heterocycles. The number of hydrogen-bond acceptors (Lipinski definition) is 4. The van der Waals surface area contributed by atoms with Gasteiger partial charge in [0.25, 0.3) is 0 Å².